The Kier molecular flexibility index (Phi) is 6.86. The lowest BCUT2D eigenvalue weighted by atomic mass is 9.97. The summed E-state index contributed by atoms with van der Waals surface area (Å²) in [6.07, 6.45) is 3.77. The molecule has 1 atom stereocenters. The van der Waals surface area contributed by atoms with Crippen LogP contribution in [0.5, 0.6) is 0 Å². The minimum Gasteiger partial charge on any atom is -0.465 e. The lowest BCUT2D eigenvalue weighted by molar-refractivity contribution is -0.118. The Hall–Kier alpha value is -3.60. The summed E-state index contributed by atoms with van der Waals surface area (Å²) in [6, 6.07) is 18.2. The number of carbonyl (C=O) groups is 2. The molecule has 0 radical (unpaired) electrons. The second kappa shape index (κ2) is 9.74. The lowest BCUT2D eigenvalue weighted by Crippen LogP contribution is -2.37. The van der Waals surface area contributed by atoms with E-state index in [1.807, 2.05) is 39.0 Å². The smallest absolute Gasteiger partial charge is 0.268 e. The van der Waals surface area contributed by atoms with Crippen molar-refractivity contribution in [3.63, 3.8) is 0 Å². The molecule has 0 saturated heterocycles. The van der Waals surface area contributed by atoms with Gasteiger partial charge in [0.1, 0.15) is 11.5 Å². The van der Waals surface area contributed by atoms with E-state index in [0.29, 0.717) is 11.3 Å². The number of benzene rings is 2. The standard InChI is InChI=1S/C25H26N2O3/c1-4-22(21-13-12-17(2)15-18(21)3)26-25(29)23(16-20-11-8-14-30-20)27-24(28)19-9-6-5-7-10-19/h5-16,22H,4H2,1-3H3,(H,26,29)(H,27,28)/b23-16-/t22-/m0/s1. The summed E-state index contributed by atoms with van der Waals surface area (Å²) in [5.74, 6) is -0.251. The zero-order valence-corrected chi connectivity index (χ0v) is 17.4. The van der Waals surface area contributed by atoms with Crippen molar-refractivity contribution >= 4 is 17.9 Å². The summed E-state index contributed by atoms with van der Waals surface area (Å²) < 4.78 is 5.34. The maximum absolute atomic E-state index is 13.1. The Bertz CT molecular complexity index is 1040. The molecule has 2 N–H and O–H groups in total. The van der Waals surface area contributed by atoms with Gasteiger partial charge in [0.25, 0.3) is 11.8 Å². The number of nitrogens with one attached hydrogen (secondary N) is 2. The predicted octanol–water partition coefficient (Wildman–Crippen LogP) is 4.93. The SMILES string of the molecule is CC[C@H](NC(=O)/C(=C/c1ccco1)NC(=O)c1ccccc1)c1ccc(C)cc1C. The fraction of sp³-hybridized carbons (Fsp3) is 0.200. The fourth-order valence-corrected chi connectivity index (χ4v) is 3.31. The molecule has 0 fully saturated rings. The number of hydrogen-bond donors (Lipinski definition) is 2. The molecule has 154 valence electrons. The van der Waals surface area contributed by atoms with Gasteiger partial charge in [-0.1, -0.05) is 48.9 Å². The van der Waals surface area contributed by atoms with Gasteiger partial charge in [-0.2, -0.15) is 0 Å². The first-order chi connectivity index (χ1) is 14.5. The Morgan fingerprint density at radius 3 is 2.43 bits per heavy atom. The highest BCUT2D eigenvalue weighted by molar-refractivity contribution is 6.05. The third-order valence-corrected chi connectivity index (χ3v) is 4.87. The number of aryl methyl sites for hydroxylation is 2. The number of furan rings is 1. The number of hydrogen-bond acceptors (Lipinski definition) is 3. The molecule has 0 saturated carbocycles. The maximum atomic E-state index is 13.1. The van der Waals surface area contributed by atoms with E-state index in [4.69, 9.17) is 4.42 Å². The molecule has 5 nitrogen and oxygen atoms in total. The van der Waals surface area contributed by atoms with Gasteiger partial charge < -0.3 is 15.1 Å². The van der Waals surface area contributed by atoms with Crippen LogP contribution in [0.2, 0.25) is 0 Å². The molecule has 3 rings (SSSR count). The van der Waals surface area contributed by atoms with Gasteiger partial charge in [-0.25, -0.2) is 0 Å². The molecule has 0 unspecified atom stereocenters. The van der Waals surface area contributed by atoms with Crippen molar-refractivity contribution in [3.8, 4) is 0 Å². The van der Waals surface area contributed by atoms with Crippen molar-refractivity contribution in [2.24, 2.45) is 0 Å². The van der Waals surface area contributed by atoms with Crippen molar-refractivity contribution < 1.29 is 14.0 Å². The summed E-state index contributed by atoms with van der Waals surface area (Å²) in [4.78, 5) is 25.8. The van der Waals surface area contributed by atoms with Crippen LogP contribution >= 0.6 is 0 Å². The molecule has 2 aromatic carbocycles. The molecule has 0 aliphatic rings. The highest BCUT2D eigenvalue weighted by Gasteiger charge is 2.20. The highest BCUT2D eigenvalue weighted by Crippen LogP contribution is 2.22. The average Bonchev–Trinajstić information content (AvgIpc) is 3.25. The molecular weight excluding hydrogens is 376 g/mol. The molecule has 5 heteroatoms. The van der Waals surface area contributed by atoms with Crippen molar-refractivity contribution in [1.82, 2.24) is 10.6 Å². The summed E-state index contributed by atoms with van der Waals surface area (Å²) in [7, 11) is 0. The molecular formula is C25H26N2O3. The third-order valence-electron chi connectivity index (χ3n) is 4.87. The average molecular weight is 402 g/mol. The normalized spacial score (nSPS) is 12.3. The van der Waals surface area contributed by atoms with Gasteiger partial charge in [0.15, 0.2) is 0 Å². The van der Waals surface area contributed by atoms with Crippen molar-refractivity contribution in [2.75, 3.05) is 0 Å². The zero-order chi connectivity index (χ0) is 21.5. The first-order valence-electron chi connectivity index (χ1n) is 9.97. The summed E-state index contributed by atoms with van der Waals surface area (Å²) in [5.41, 5.74) is 3.94. The monoisotopic (exact) mass is 402 g/mol. The molecule has 1 aromatic heterocycles. The van der Waals surface area contributed by atoms with E-state index in [-0.39, 0.29) is 23.6 Å². The fourth-order valence-electron chi connectivity index (χ4n) is 3.31. The zero-order valence-electron chi connectivity index (χ0n) is 17.4. The molecule has 0 bridgehead atoms. The Labute approximate surface area is 176 Å². The van der Waals surface area contributed by atoms with Gasteiger partial charge >= 0.3 is 0 Å². The number of carbonyl (C=O) groups excluding carboxylic acids is 2. The van der Waals surface area contributed by atoms with Crippen LogP contribution in [0.4, 0.5) is 0 Å². The van der Waals surface area contributed by atoms with Gasteiger partial charge in [0.05, 0.1) is 12.3 Å². The van der Waals surface area contributed by atoms with Gasteiger partial charge in [-0.05, 0) is 55.7 Å². The molecule has 3 aromatic rings. The maximum Gasteiger partial charge on any atom is 0.268 e. The van der Waals surface area contributed by atoms with Gasteiger partial charge in [-0.15, -0.1) is 0 Å². The largest absolute Gasteiger partial charge is 0.465 e. The van der Waals surface area contributed by atoms with E-state index >= 15 is 0 Å². The van der Waals surface area contributed by atoms with Crippen molar-refractivity contribution in [3.05, 3.63) is 101 Å². The highest BCUT2D eigenvalue weighted by atomic mass is 16.3. The minimum absolute atomic E-state index is 0.127. The summed E-state index contributed by atoms with van der Waals surface area (Å²) in [5, 5.41) is 5.78. The second-order valence-electron chi connectivity index (χ2n) is 7.19. The van der Waals surface area contributed by atoms with E-state index in [2.05, 4.69) is 16.7 Å². The van der Waals surface area contributed by atoms with E-state index in [1.54, 1.807) is 36.4 Å². The Balaban J connectivity index is 1.85. The second-order valence-corrected chi connectivity index (χ2v) is 7.19. The Morgan fingerprint density at radius 2 is 1.80 bits per heavy atom. The van der Waals surface area contributed by atoms with E-state index in [9.17, 15) is 9.59 Å². The van der Waals surface area contributed by atoms with Crippen LogP contribution in [0.15, 0.2) is 77.0 Å². The van der Waals surface area contributed by atoms with Crippen LogP contribution in [0.1, 0.15) is 52.2 Å². The molecule has 0 aliphatic carbocycles. The van der Waals surface area contributed by atoms with Crippen LogP contribution in [0.3, 0.4) is 0 Å². The predicted molar refractivity (Wildman–Crippen MR) is 118 cm³/mol. The molecule has 0 spiro atoms. The number of rotatable bonds is 7. The van der Waals surface area contributed by atoms with E-state index in [1.165, 1.54) is 17.9 Å². The van der Waals surface area contributed by atoms with Crippen LogP contribution in [0, 0.1) is 13.8 Å². The Morgan fingerprint density at radius 1 is 1.03 bits per heavy atom. The number of amides is 2. The van der Waals surface area contributed by atoms with E-state index < -0.39 is 0 Å². The summed E-state index contributed by atoms with van der Waals surface area (Å²) in [6.45, 7) is 6.09. The molecule has 2 amide bonds. The van der Waals surface area contributed by atoms with Gasteiger partial charge in [-0.3, -0.25) is 9.59 Å². The first-order valence-corrected chi connectivity index (χ1v) is 9.97. The van der Waals surface area contributed by atoms with E-state index in [0.717, 1.165) is 17.5 Å². The molecule has 30 heavy (non-hydrogen) atoms. The topological polar surface area (TPSA) is 71.3 Å². The van der Waals surface area contributed by atoms with Crippen LogP contribution < -0.4 is 10.6 Å². The van der Waals surface area contributed by atoms with Crippen molar-refractivity contribution in [2.45, 2.75) is 33.2 Å². The lowest BCUT2D eigenvalue weighted by Gasteiger charge is -2.21. The molecule has 0 aliphatic heterocycles. The third kappa shape index (κ3) is 5.26. The molecule has 1 heterocycles. The quantitative estimate of drug-likeness (QED) is 0.550. The van der Waals surface area contributed by atoms with Crippen LogP contribution in [0.25, 0.3) is 6.08 Å². The minimum atomic E-state index is -0.373. The van der Waals surface area contributed by atoms with Gasteiger partial charge in [0, 0.05) is 11.6 Å². The summed E-state index contributed by atoms with van der Waals surface area (Å²) >= 11 is 0. The first kappa shape index (κ1) is 21.1. The van der Waals surface area contributed by atoms with Crippen LogP contribution in [-0.4, -0.2) is 11.8 Å². The van der Waals surface area contributed by atoms with Crippen LogP contribution in [-0.2, 0) is 4.79 Å². The van der Waals surface area contributed by atoms with Crippen molar-refractivity contribution in [1.29, 1.82) is 0 Å². The van der Waals surface area contributed by atoms with Gasteiger partial charge in [0.2, 0.25) is 0 Å².